The molecule has 4 nitrogen and oxygen atoms in total. The number of hydrogen-bond acceptors (Lipinski definition) is 3. The van der Waals surface area contributed by atoms with E-state index >= 15 is 0 Å². The maximum Gasteiger partial charge on any atom is 0.232 e. The first-order valence-electron chi connectivity index (χ1n) is 6.86. The molecule has 0 N–H and O–H groups in total. The van der Waals surface area contributed by atoms with Gasteiger partial charge in [0.05, 0.1) is 25.1 Å². The topological polar surface area (TPSA) is 46.6 Å². The molecule has 2 rings (SSSR count). The van der Waals surface area contributed by atoms with E-state index < -0.39 is 15.8 Å². The number of sulfonamides is 1. The Kier molecular flexibility index (Phi) is 5.03. The molecule has 0 aromatic heterocycles. The predicted molar refractivity (Wildman–Crippen MR) is 85.0 cm³/mol. The molecule has 0 unspecified atom stereocenters. The summed E-state index contributed by atoms with van der Waals surface area (Å²) in [5.74, 6) is 0.0109. The van der Waals surface area contributed by atoms with Crippen molar-refractivity contribution in [1.29, 1.82) is 0 Å². The second kappa shape index (κ2) is 6.79. The third-order valence-corrected chi connectivity index (χ3v) is 4.23. The summed E-state index contributed by atoms with van der Waals surface area (Å²) in [7, 11) is -3.59. The summed E-state index contributed by atoms with van der Waals surface area (Å²) in [4.78, 5) is 0. The van der Waals surface area contributed by atoms with Crippen molar-refractivity contribution in [2.45, 2.75) is 13.5 Å². The molecule has 2 aromatic rings. The molecule has 118 valence electrons. The fourth-order valence-electron chi connectivity index (χ4n) is 2.10. The third-order valence-electron chi connectivity index (χ3n) is 3.11. The molecule has 0 aliphatic heterocycles. The normalized spacial score (nSPS) is 11.2. The molecule has 0 fully saturated rings. The molecule has 2 aromatic carbocycles. The summed E-state index contributed by atoms with van der Waals surface area (Å²) in [5.41, 5.74) is 0.703. The van der Waals surface area contributed by atoms with E-state index in [0.29, 0.717) is 23.6 Å². The van der Waals surface area contributed by atoms with Gasteiger partial charge in [0.2, 0.25) is 10.0 Å². The standard InChI is InChI=1S/C16H18FNO3S/c1-3-21-16-11-7-6-10-15(16)18(22(2,19)20)12-13-8-4-5-9-14(13)17/h4-11H,3,12H2,1-2H3. The largest absolute Gasteiger partial charge is 0.492 e. The van der Waals surface area contributed by atoms with Gasteiger partial charge in [0.1, 0.15) is 11.6 Å². The SMILES string of the molecule is CCOc1ccccc1N(Cc1ccccc1F)S(C)(=O)=O. The minimum absolute atomic E-state index is 0.0877. The fourth-order valence-corrected chi connectivity index (χ4v) is 2.98. The van der Waals surface area contributed by atoms with Gasteiger partial charge in [0, 0.05) is 5.56 Å². The van der Waals surface area contributed by atoms with Gasteiger partial charge >= 0.3 is 0 Å². The first kappa shape index (κ1) is 16.3. The number of benzene rings is 2. The van der Waals surface area contributed by atoms with Crippen molar-refractivity contribution in [3.8, 4) is 5.75 Å². The Morgan fingerprint density at radius 3 is 2.36 bits per heavy atom. The third kappa shape index (κ3) is 3.76. The van der Waals surface area contributed by atoms with E-state index in [9.17, 15) is 12.8 Å². The van der Waals surface area contributed by atoms with Gasteiger partial charge in [-0.1, -0.05) is 30.3 Å². The van der Waals surface area contributed by atoms with Crippen LogP contribution in [0, 0.1) is 5.82 Å². The van der Waals surface area contributed by atoms with Gasteiger partial charge in [-0.05, 0) is 25.1 Å². The number of para-hydroxylation sites is 2. The Morgan fingerprint density at radius 2 is 1.73 bits per heavy atom. The van der Waals surface area contributed by atoms with Gasteiger partial charge in [-0.25, -0.2) is 12.8 Å². The lowest BCUT2D eigenvalue weighted by atomic mass is 10.2. The first-order chi connectivity index (χ1) is 10.4. The molecule has 0 heterocycles. The lowest BCUT2D eigenvalue weighted by Gasteiger charge is -2.24. The van der Waals surface area contributed by atoms with Gasteiger partial charge in [-0.2, -0.15) is 0 Å². The van der Waals surface area contributed by atoms with E-state index in [1.807, 2.05) is 6.92 Å². The summed E-state index contributed by atoms with van der Waals surface area (Å²) in [6.45, 7) is 2.14. The van der Waals surface area contributed by atoms with Crippen LogP contribution in [0.5, 0.6) is 5.75 Å². The van der Waals surface area contributed by atoms with Crippen LogP contribution in [0.2, 0.25) is 0 Å². The smallest absolute Gasteiger partial charge is 0.232 e. The van der Waals surface area contributed by atoms with Crippen molar-refractivity contribution in [3.63, 3.8) is 0 Å². The van der Waals surface area contributed by atoms with Crippen molar-refractivity contribution in [1.82, 2.24) is 0 Å². The molecule has 0 spiro atoms. The van der Waals surface area contributed by atoms with Gasteiger partial charge in [-0.3, -0.25) is 4.31 Å². The van der Waals surface area contributed by atoms with Crippen LogP contribution < -0.4 is 9.04 Å². The van der Waals surface area contributed by atoms with Gasteiger partial charge in [0.25, 0.3) is 0 Å². The monoisotopic (exact) mass is 323 g/mol. The maximum absolute atomic E-state index is 13.8. The Morgan fingerprint density at radius 1 is 1.09 bits per heavy atom. The average molecular weight is 323 g/mol. The predicted octanol–water partition coefficient (Wildman–Crippen LogP) is 3.19. The molecule has 0 saturated heterocycles. The zero-order chi connectivity index (χ0) is 16.2. The molecule has 0 radical (unpaired) electrons. The minimum Gasteiger partial charge on any atom is -0.492 e. The van der Waals surface area contributed by atoms with Crippen molar-refractivity contribution in [2.75, 3.05) is 17.2 Å². The van der Waals surface area contributed by atoms with Crippen molar-refractivity contribution < 1.29 is 17.5 Å². The molecule has 0 saturated carbocycles. The Bertz CT molecular complexity index is 747. The molecule has 0 amide bonds. The van der Waals surface area contributed by atoms with Crippen LogP contribution in [0.3, 0.4) is 0 Å². The van der Waals surface area contributed by atoms with Gasteiger partial charge in [-0.15, -0.1) is 0 Å². The molecule has 6 heteroatoms. The molecule has 0 aliphatic carbocycles. The summed E-state index contributed by atoms with van der Waals surface area (Å²) in [6.07, 6.45) is 1.09. The molecule has 0 atom stereocenters. The second-order valence-corrected chi connectivity index (χ2v) is 6.67. The minimum atomic E-state index is -3.59. The number of halogens is 1. The van der Waals surface area contributed by atoms with Crippen molar-refractivity contribution in [2.24, 2.45) is 0 Å². The summed E-state index contributed by atoms with van der Waals surface area (Å²) in [5, 5.41) is 0. The highest BCUT2D eigenvalue weighted by Crippen LogP contribution is 2.31. The van der Waals surface area contributed by atoms with Crippen LogP contribution in [0.15, 0.2) is 48.5 Å². The number of anilines is 1. The summed E-state index contributed by atoms with van der Waals surface area (Å²) in [6, 6.07) is 12.9. The van der Waals surface area contributed by atoms with E-state index in [1.54, 1.807) is 42.5 Å². The van der Waals surface area contributed by atoms with Crippen LogP contribution in [0.1, 0.15) is 12.5 Å². The Hall–Kier alpha value is -2.08. The van der Waals surface area contributed by atoms with E-state index in [4.69, 9.17) is 4.74 Å². The lowest BCUT2D eigenvalue weighted by Crippen LogP contribution is -2.30. The lowest BCUT2D eigenvalue weighted by molar-refractivity contribution is 0.341. The Balaban J connectivity index is 2.47. The molecule has 22 heavy (non-hydrogen) atoms. The van der Waals surface area contributed by atoms with Crippen LogP contribution >= 0.6 is 0 Å². The van der Waals surface area contributed by atoms with Crippen molar-refractivity contribution >= 4 is 15.7 Å². The van der Waals surface area contributed by atoms with Crippen LogP contribution in [0.25, 0.3) is 0 Å². The number of hydrogen-bond donors (Lipinski definition) is 0. The zero-order valence-electron chi connectivity index (χ0n) is 12.5. The quantitative estimate of drug-likeness (QED) is 0.820. The Labute approximate surface area is 130 Å². The van der Waals surface area contributed by atoms with Crippen LogP contribution in [-0.2, 0) is 16.6 Å². The van der Waals surface area contributed by atoms with Gasteiger partial charge < -0.3 is 4.74 Å². The number of nitrogens with zero attached hydrogens (tertiary/aromatic N) is 1. The molecular weight excluding hydrogens is 305 g/mol. The highest BCUT2D eigenvalue weighted by molar-refractivity contribution is 7.92. The maximum atomic E-state index is 13.8. The van der Waals surface area contributed by atoms with Crippen molar-refractivity contribution in [3.05, 3.63) is 59.9 Å². The highest BCUT2D eigenvalue weighted by Gasteiger charge is 2.22. The highest BCUT2D eigenvalue weighted by atomic mass is 32.2. The second-order valence-electron chi connectivity index (χ2n) is 4.76. The van der Waals surface area contributed by atoms with E-state index in [2.05, 4.69) is 0 Å². The van der Waals surface area contributed by atoms with E-state index in [0.717, 1.165) is 10.6 Å². The zero-order valence-corrected chi connectivity index (χ0v) is 13.3. The summed E-state index contributed by atoms with van der Waals surface area (Å²) >= 11 is 0. The molecular formula is C16H18FNO3S. The van der Waals surface area contributed by atoms with Crippen LogP contribution in [-0.4, -0.2) is 21.3 Å². The van der Waals surface area contributed by atoms with E-state index in [1.165, 1.54) is 6.07 Å². The molecule has 0 aliphatic rings. The van der Waals surface area contributed by atoms with E-state index in [-0.39, 0.29) is 6.54 Å². The number of ether oxygens (including phenoxy) is 1. The molecule has 0 bridgehead atoms. The van der Waals surface area contributed by atoms with Crippen LogP contribution in [0.4, 0.5) is 10.1 Å². The number of rotatable bonds is 6. The first-order valence-corrected chi connectivity index (χ1v) is 8.71. The van der Waals surface area contributed by atoms with Gasteiger partial charge in [0.15, 0.2) is 0 Å². The average Bonchev–Trinajstić information content (AvgIpc) is 2.46. The summed E-state index contributed by atoms with van der Waals surface area (Å²) < 4.78 is 44.8. The fraction of sp³-hybridized carbons (Fsp3) is 0.250.